The van der Waals surface area contributed by atoms with Gasteiger partial charge in [-0.1, -0.05) is 17.7 Å². The van der Waals surface area contributed by atoms with Gasteiger partial charge in [0, 0.05) is 30.1 Å². The van der Waals surface area contributed by atoms with Crippen LogP contribution in [0.3, 0.4) is 0 Å². The Morgan fingerprint density at radius 2 is 1.93 bits per heavy atom. The Morgan fingerprint density at radius 1 is 1.14 bits per heavy atom. The maximum atomic E-state index is 12.6. The van der Waals surface area contributed by atoms with E-state index in [1.165, 1.54) is 0 Å². The van der Waals surface area contributed by atoms with Gasteiger partial charge in [-0.15, -0.1) is 0 Å². The van der Waals surface area contributed by atoms with Crippen LogP contribution >= 0.6 is 0 Å². The molecule has 29 heavy (non-hydrogen) atoms. The second-order valence-electron chi connectivity index (χ2n) is 7.67. The lowest BCUT2D eigenvalue weighted by molar-refractivity contribution is -0.144. The lowest BCUT2D eigenvalue weighted by Crippen LogP contribution is -2.20. The van der Waals surface area contributed by atoms with Crippen molar-refractivity contribution >= 4 is 11.8 Å². The van der Waals surface area contributed by atoms with Gasteiger partial charge in [0.25, 0.3) is 0 Å². The van der Waals surface area contributed by atoms with Crippen molar-refractivity contribution < 1.29 is 23.8 Å². The fourth-order valence-electron chi connectivity index (χ4n) is 3.72. The number of nitrogens with zero attached hydrogens (tertiary/aromatic N) is 1. The van der Waals surface area contributed by atoms with E-state index in [1.54, 1.807) is 0 Å². The van der Waals surface area contributed by atoms with Crippen LogP contribution < -0.4 is 4.74 Å². The fourth-order valence-corrected chi connectivity index (χ4v) is 3.72. The number of Topliss-reactive ketones (excluding diaryl/α,β-unsaturated/α-hetero) is 1. The second kappa shape index (κ2) is 9.27. The molecule has 0 unspecified atom stereocenters. The maximum absolute atomic E-state index is 12.6. The number of hydrogen-bond acceptors (Lipinski definition) is 5. The quantitative estimate of drug-likeness (QED) is 0.500. The fraction of sp³-hybridized carbons (Fsp3) is 0.478. The van der Waals surface area contributed by atoms with E-state index in [0.717, 1.165) is 48.5 Å². The predicted molar refractivity (Wildman–Crippen MR) is 110 cm³/mol. The zero-order chi connectivity index (χ0) is 21.0. The second-order valence-corrected chi connectivity index (χ2v) is 7.67. The standard InChI is InChI=1S/C23H29NO5/c1-15-7-8-22(16(2)10-15)28-14-23(26)29-13-21(25)20-11-17(3)24(18(20)4)12-19-6-5-9-27-19/h7-8,10-11,19H,5-6,9,12-14H2,1-4H3/t19-/m1/s1. The van der Waals surface area contributed by atoms with Crippen LogP contribution in [0.5, 0.6) is 5.75 Å². The number of benzene rings is 1. The summed E-state index contributed by atoms with van der Waals surface area (Å²) in [4.78, 5) is 24.6. The molecular weight excluding hydrogens is 370 g/mol. The van der Waals surface area contributed by atoms with Crippen molar-refractivity contribution in [2.75, 3.05) is 19.8 Å². The molecule has 3 rings (SSSR count). The SMILES string of the molecule is Cc1ccc(OCC(=O)OCC(=O)c2cc(C)n(C[C@H]3CCCO3)c2C)c(C)c1. The van der Waals surface area contributed by atoms with Crippen molar-refractivity contribution in [1.29, 1.82) is 0 Å². The van der Waals surface area contributed by atoms with E-state index in [1.807, 2.05) is 52.0 Å². The summed E-state index contributed by atoms with van der Waals surface area (Å²) in [6, 6.07) is 7.58. The minimum Gasteiger partial charge on any atom is -0.482 e. The largest absolute Gasteiger partial charge is 0.482 e. The highest BCUT2D eigenvalue weighted by Crippen LogP contribution is 2.21. The zero-order valence-electron chi connectivity index (χ0n) is 17.6. The molecule has 6 nitrogen and oxygen atoms in total. The number of esters is 1. The normalized spacial score (nSPS) is 16.1. The summed E-state index contributed by atoms with van der Waals surface area (Å²) >= 11 is 0. The molecule has 1 saturated heterocycles. The molecule has 2 heterocycles. The van der Waals surface area contributed by atoms with Crippen LogP contribution in [-0.4, -0.2) is 42.2 Å². The maximum Gasteiger partial charge on any atom is 0.344 e. The lowest BCUT2D eigenvalue weighted by Gasteiger charge is -2.14. The molecule has 1 aliphatic rings. The van der Waals surface area contributed by atoms with E-state index in [-0.39, 0.29) is 25.1 Å². The average Bonchev–Trinajstić information content (AvgIpc) is 3.29. The third kappa shape index (κ3) is 5.26. The number of hydrogen-bond donors (Lipinski definition) is 0. The van der Waals surface area contributed by atoms with Gasteiger partial charge in [0.15, 0.2) is 13.2 Å². The summed E-state index contributed by atoms with van der Waals surface area (Å²) in [5.74, 6) is -0.139. The van der Waals surface area contributed by atoms with Crippen molar-refractivity contribution in [2.24, 2.45) is 0 Å². The Kier molecular flexibility index (Phi) is 6.75. The molecule has 1 aromatic heterocycles. The number of ether oxygens (including phenoxy) is 3. The van der Waals surface area contributed by atoms with Crippen LogP contribution in [-0.2, 0) is 20.8 Å². The number of aromatic nitrogens is 1. The minimum atomic E-state index is -0.563. The summed E-state index contributed by atoms with van der Waals surface area (Å²) < 4.78 is 18.5. The third-order valence-electron chi connectivity index (χ3n) is 5.32. The molecule has 2 aromatic rings. The number of carbonyl (C=O) groups is 2. The molecule has 0 radical (unpaired) electrons. The van der Waals surface area contributed by atoms with Crippen molar-refractivity contribution in [3.05, 3.63) is 52.3 Å². The van der Waals surface area contributed by atoms with Crippen LogP contribution in [0.15, 0.2) is 24.3 Å². The van der Waals surface area contributed by atoms with E-state index < -0.39 is 5.97 Å². The van der Waals surface area contributed by atoms with E-state index in [0.29, 0.717) is 11.3 Å². The first-order chi connectivity index (χ1) is 13.8. The van der Waals surface area contributed by atoms with Gasteiger partial charge < -0.3 is 18.8 Å². The first-order valence-corrected chi connectivity index (χ1v) is 10.0. The van der Waals surface area contributed by atoms with E-state index >= 15 is 0 Å². The van der Waals surface area contributed by atoms with Crippen LogP contribution in [0.25, 0.3) is 0 Å². The topological polar surface area (TPSA) is 66.8 Å². The number of rotatable bonds is 8. The van der Waals surface area contributed by atoms with E-state index in [4.69, 9.17) is 14.2 Å². The van der Waals surface area contributed by atoms with Crippen molar-refractivity contribution in [1.82, 2.24) is 4.57 Å². The van der Waals surface area contributed by atoms with Crippen LogP contribution in [0, 0.1) is 27.7 Å². The van der Waals surface area contributed by atoms with Crippen LogP contribution in [0.4, 0.5) is 0 Å². The molecular formula is C23H29NO5. The van der Waals surface area contributed by atoms with Crippen molar-refractivity contribution in [2.45, 2.75) is 53.2 Å². The van der Waals surface area contributed by atoms with Gasteiger partial charge in [0.2, 0.25) is 5.78 Å². The monoisotopic (exact) mass is 399 g/mol. The molecule has 156 valence electrons. The van der Waals surface area contributed by atoms with Gasteiger partial charge >= 0.3 is 5.97 Å². The highest BCUT2D eigenvalue weighted by Gasteiger charge is 2.21. The Balaban J connectivity index is 1.52. The summed E-state index contributed by atoms with van der Waals surface area (Å²) in [6.45, 7) is 8.83. The van der Waals surface area contributed by atoms with Gasteiger partial charge in [0.05, 0.1) is 6.10 Å². The van der Waals surface area contributed by atoms with E-state index in [2.05, 4.69) is 4.57 Å². The molecule has 0 amide bonds. The van der Waals surface area contributed by atoms with Gasteiger partial charge in [-0.25, -0.2) is 4.79 Å². The highest BCUT2D eigenvalue weighted by molar-refractivity contribution is 5.99. The van der Waals surface area contributed by atoms with Crippen molar-refractivity contribution in [3.63, 3.8) is 0 Å². The average molecular weight is 399 g/mol. The van der Waals surface area contributed by atoms with Crippen LogP contribution in [0.1, 0.15) is 45.7 Å². The predicted octanol–water partition coefficient (Wildman–Crippen LogP) is 3.71. The molecule has 1 aliphatic heterocycles. The third-order valence-corrected chi connectivity index (χ3v) is 5.32. The van der Waals surface area contributed by atoms with Gasteiger partial charge in [-0.05, 0) is 58.2 Å². The lowest BCUT2D eigenvalue weighted by atomic mass is 10.1. The Bertz CT molecular complexity index is 893. The number of carbonyl (C=O) groups excluding carboxylic acids is 2. The molecule has 6 heteroatoms. The Labute approximate surface area is 171 Å². The molecule has 0 aliphatic carbocycles. The smallest absolute Gasteiger partial charge is 0.344 e. The summed E-state index contributed by atoms with van der Waals surface area (Å²) in [5.41, 5.74) is 4.55. The van der Waals surface area contributed by atoms with Crippen molar-refractivity contribution in [3.8, 4) is 5.75 Å². The molecule has 0 saturated carbocycles. The van der Waals surface area contributed by atoms with Gasteiger partial charge in [0.1, 0.15) is 5.75 Å². The zero-order valence-corrected chi connectivity index (χ0v) is 17.6. The Hall–Kier alpha value is -2.60. The molecule has 0 N–H and O–H groups in total. The van der Waals surface area contributed by atoms with Crippen LogP contribution in [0.2, 0.25) is 0 Å². The Morgan fingerprint density at radius 3 is 2.62 bits per heavy atom. The molecule has 0 bridgehead atoms. The molecule has 1 aromatic carbocycles. The molecule has 0 spiro atoms. The molecule has 1 atom stereocenters. The summed E-state index contributed by atoms with van der Waals surface area (Å²) in [7, 11) is 0. The van der Waals surface area contributed by atoms with E-state index in [9.17, 15) is 9.59 Å². The highest BCUT2D eigenvalue weighted by atomic mass is 16.6. The number of aryl methyl sites for hydroxylation is 3. The van der Waals surface area contributed by atoms with Gasteiger partial charge in [-0.2, -0.15) is 0 Å². The minimum absolute atomic E-state index is 0.197. The first kappa shape index (κ1) is 21.1. The van der Waals surface area contributed by atoms with Gasteiger partial charge in [-0.3, -0.25) is 4.79 Å². The molecule has 1 fully saturated rings. The first-order valence-electron chi connectivity index (χ1n) is 10.0. The number of ketones is 1. The summed E-state index contributed by atoms with van der Waals surface area (Å²) in [5, 5.41) is 0. The summed E-state index contributed by atoms with van der Waals surface area (Å²) in [6.07, 6.45) is 2.32.